The summed E-state index contributed by atoms with van der Waals surface area (Å²) in [6.07, 6.45) is -3.15. The summed E-state index contributed by atoms with van der Waals surface area (Å²) in [6, 6.07) is 5.32. The number of halogens is 5. The van der Waals surface area contributed by atoms with Crippen LogP contribution in [0.3, 0.4) is 0 Å². The van der Waals surface area contributed by atoms with Crippen molar-refractivity contribution >= 4 is 28.9 Å². The van der Waals surface area contributed by atoms with Crippen LogP contribution >= 0.6 is 22.9 Å². The molecule has 0 radical (unpaired) electrons. The van der Waals surface area contributed by atoms with Crippen LogP contribution in [0.15, 0.2) is 30.3 Å². The summed E-state index contributed by atoms with van der Waals surface area (Å²) in [7, 11) is 0. The standard InChI is InChI=1S/C21H21ClF4O4S/c22-17-9-18(27)16(10-30-13-7-11(21(24,25)26)6-12(23)8-13)15(17)3-1-2-14-4-5-19(31-14)20(28)29/h4-8,15-18,27H,1-3,9-10H2,(H,28,29)/t15-,16-,17+,18-/m1/s1. The van der Waals surface area contributed by atoms with E-state index in [-0.39, 0.29) is 28.5 Å². The van der Waals surface area contributed by atoms with Crippen LogP contribution in [0.4, 0.5) is 17.6 Å². The highest BCUT2D eigenvalue weighted by Gasteiger charge is 2.41. The van der Waals surface area contributed by atoms with Gasteiger partial charge in [-0.3, -0.25) is 0 Å². The van der Waals surface area contributed by atoms with Gasteiger partial charge in [0.25, 0.3) is 0 Å². The number of thiophene rings is 1. The molecular formula is C21H21ClF4O4S. The average molecular weight is 481 g/mol. The maximum Gasteiger partial charge on any atom is 0.416 e. The molecule has 170 valence electrons. The van der Waals surface area contributed by atoms with Gasteiger partial charge < -0.3 is 14.9 Å². The van der Waals surface area contributed by atoms with Crippen LogP contribution in [-0.2, 0) is 12.6 Å². The Morgan fingerprint density at radius 1 is 1.23 bits per heavy atom. The lowest BCUT2D eigenvalue weighted by atomic mass is 9.90. The number of rotatable bonds is 8. The van der Waals surface area contributed by atoms with Crippen LogP contribution in [0.5, 0.6) is 5.75 Å². The van der Waals surface area contributed by atoms with Gasteiger partial charge in [0.2, 0.25) is 0 Å². The Morgan fingerprint density at radius 2 is 1.97 bits per heavy atom. The minimum atomic E-state index is -4.70. The third-order valence-corrected chi connectivity index (χ3v) is 7.08. The highest BCUT2D eigenvalue weighted by Crippen LogP contribution is 2.40. The van der Waals surface area contributed by atoms with Crippen molar-refractivity contribution < 1.29 is 37.3 Å². The predicted molar refractivity (Wildman–Crippen MR) is 108 cm³/mol. The number of carbonyl (C=O) groups is 1. The van der Waals surface area contributed by atoms with Gasteiger partial charge >= 0.3 is 12.1 Å². The van der Waals surface area contributed by atoms with Crippen molar-refractivity contribution in [1.29, 1.82) is 0 Å². The largest absolute Gasteiger partial charge is 0.493 e. The maximum absolute atomic E-state index is 13.6. The molecule has 31 heavy (non-hydrogen) atoms. The molecule has 10 heteroatoms. The van der Waals surface area contributed by atoms with Crippen molar-refractivity contribution in [3.05, 3.63) is 51.5 Å². The van der Waals surface area contributed by atoms with E-state index in [4.69, 9.17) is 21.4 Å². The first-order valence-electron chi connectivity index (χ1n) is 9.69. The van der Waals surface area contributed by atoms with Crippen LogP contribution in [0.25, 0.3) is 0 Å². The van der Waals surface area contributed by atoms with E-state index in [1.165, 1.54) is 11.3 Å². The van der Waals surface area contributed by atoms with E-state index in [9.17, 15) is 27.5 Å². The monoisotopic (exact) mass is 480 g/mol. The summed E-state index contributed by atoms with van der Waals surface area (Å²) in [5, 5.41) is 19.0. The second-order valence-corrected chi connectivity index (χ2v) is 9.32. The lowest BCUT2D eigenvalue weighted by molar-refractivity contribution is -0.137. The number of aromatic carboxylic acids is 1. The predicted octanol–water partition coefficient (Wildman–Crippen LogP) is 5.61. The van der Waals surface area contributed by atoms with Crippen LogP contribution < -0.4 is 4.74 Å². The summed E-state index contributed by atoms with van der Waals surface area (Å²) in [6.45, 7) is -0.0853. The molecule has 0 amide bonds. The van der Waals surface area contributed by atoms with Crippen LogP contribution in [0, 0.1) is 17.7 Å². The third-order valence-electron chi connectivity index (χ3n) is 5.45. The lowest BCUT2D eigenvalue weighted by Gasteiger charge is -2.24. The summed E-state index contributed by atoms with van der Waals surface area (Å²) < 4.78 is 57.6. The molecule has 0 spiro atoms. The molecule has 0 saturated heterocycles. The van der Waals surface area contributed by atoms with Gasteiger partial charge in [-0.25, -0.2) is 9.18 Å². The minimum Gasteiger partial charge on any atom is -0.493 e. The fourth-order valence-electron chi connectivity index (χ4n) is 3.90. The van der Waals surface area contributed by atoms with Crippen LogP contribution in [-0.4, -0.2) is 34.3 Å². The maximum atomic E-state index is 13.6. The first-order chi connectivity index (χ1) is 14.5. The van der Waals surface area contributed by atoms with Crippen molar-refractivity contribution in [2.45, 2.75) is 43.3 Å². The van der Waals surface area contributed by atoms with Crippen LogP contribution in [0.1, 0.15) is 39.4 Å². The van der Waals surface area contributed by atoms with Gasteiger partial charge in [0.1, 0.15) is 16.4 Å². The zero-order valence-electron chi connectivity index (χ0n) is 16.2. The molecule has 1 aliphatic carbocycles. The number of aliphatic hydroxyl groups excluding tert-OH is 1. The molecule has 2 N–H and O–H groups in total. The molecule has 1 aromatic carbocycles. The molecule has 1 fully saturated rings. The number of aryl methyl sites for hydroxylation is 1. The molecule has 0 aliphatic heterocycles. The lowest BCUT2D eigenvalue weighted by Crippen LogP contribution is -2.27. The third kappa shape index (κ3) is 6.11. The average Bonchev–Trinajstić information content (AvgIpc) is 3.24. The molecule has 0 bridgehead atoms. The highest BCUT2D eigenvalue weighted by molar-refractivity contribution is 7.13. The number of carboxylic acid groups (broad SMARTS) is 1. The first kappa shape index (κ1) is 23.8. The Hall–Kier alpha value is -1.84. The van der Waals surface area contributed by atoms with Gasteiger partial charge in [-0.05, 0) is 55.9 Å². The molecular weight excluding hydrogens is 460 g/mol. The normalized spacial score (nSPS) is 23.8. The van der Waals surface area contributed by atoms with E-state index >= 15 is 0 Å². The number of alkyl halides is 4. The van der Waals surface area contributed by atoms with Crippen molar-refractivity contribution in [2.75, 3.05) is 6.61 Å². The number of benzene rings is 1. The van der Waals surface area contributed by atoms with E-state index in [2.05, 4.69) is 0 Å². The van der Waals surface area contributed by atoms with Crippen molar-refractivity contribution in [3.8, 4) is 5.75 Å². The van der Waals surface area contributed by atoms with Crippen molar-refractivity contribution in [2.24, 2.45) is 11.8 Å². The van der Waals surface area contributed by atoms with E-state index in [0.717, 1.165) is 17.0 Å². The van der Waals surface area contributed by atoms with Gasteiger partial charge in [0.15, 0.2) is 0 Å². The zero-order chi connectivity index (χ0) is 22.8. The molecule has 1 aliphatic rings. The molecule has 1 aromatic heterocycles. The summed E-state index contributed by atoms with van der Waals surface area (Å²) in [5.41, 5.74) is -1.14. The molecule has 1 saturated carbocycles. The van der Waals surface area contributed by atoms with Crippen molar-refractivity contribution in [3.63, 3.8) is 0 Å². The Labute approximate surface area is 185 Å². The number of hydrogen-bond acceptors (Lipinski definition) is 4. The SMILES string of the molecule is O=C(O)c1ccc(CCC[C@@H]2[C@@H](COc3cc(F)cc(C(F)(F)F)c3)[C@H](O)C[C@@H]2Cl)s1. The van der Waals surface area contributed by atoms with Gasteiger partial charge in [-0.1, -0.05) is 0 Å². The topological polar surface area (TPSA) is 66.8 Å². The van der Waals surface area contributed by atoms with Gasteiger partial charge in [-0.15, -0.1) is 22.9 Å². The number of ether oxygens (including phenoxy) is 1. The van der Waals surface area contributed by atoms with Gasteiger partial charge in [0.05, 0.1) is 18.3 Å². The Balaban J connectivity index is 1.60. The first-order valence-corrected chi connectivity index (χ1v) is 10.9. The molecule has 0 unspecified atom stereocenters. The Morgan fingerprint density at radius 3 is 2.61 bits per heavy atom. The smallest absolute Gasteiger partial charge is 0.416 e. The fraction of sp³-hybridized carbons (Fsp3) is 0.476. The highest BCUT2D eigenvalue weighted by atomic mass is 35.5. The molecule has 4 nitrogen and oxygen atoms in total. The number of aliphatic hydroxyl groups is 1. The number of hydrogen-bond donors (Lipinski definition) is 2. The second-order valence-electron chi connectivity index (χ2n) is 7.59. The molecule has 1 heterocycles. The van der Waals surface area contributed by atoms with E-state index in [0.29, 0.717) is 31.7 Å². The fourth-order valence-corrected chi connectivity index (χ4v) is 5.29. The zero-order valence-corrected chi connectivity index (χ0v) is 17.8. The molecule has 3 rings (SSSR count). The quantitative estimate of drug-likeness (QED) is 0.380. The summed E-state index contributed by atoms with van der Waals surface area (Å²) >= 11 is 7.59. The Kier molecular flexibility index (Phi) is 7.49. The summed E-state index contributed by atoms with van der Waals surface area (Å²) in [5.74, 6) is -2.82. The van der Waals surface area contributed by atoms with E-state index in [1.54, 1.807) is 12.1 Å². The Bertz CT molecular complexity index is 917. The molecule has 4 atom stereocenters. The molecule has 2 aromatic rings. The van der Waals surface area contributed by atoms with Crippen molar-refractivity contribution in [1.82, 2.24) is 0 Å². The van der Waals surface area contributed by atoms with E-state index in [1.807, 2.05) is 0 Å². The minimum absolute atomic E-state index is 0.0853. The van der Waals surface area contributed by atoms with Gasteiger partial charge in [-0.2, -0.15) is 13.2 Å². The second kappa shape index (κ2) is 9.75. The number of carboxylic acids is 1. The van der Waals surface area contributed by atoms with Crippen LogP contribution in [0.2, 0.25) is 0 Å². The summed E-state index contributed by atoms with van der Waals surface area (Å²) in [4.78, 5) is 12.2. The van der Waals surface area contributed by atoms with E-state index < -0.39 is 35.5 Å². The van der Waals surface area contributed by atoms with Gasteiger partial charge in [0, 0.05) is 22.2 Å².